The van der Waals surface area contributed by atoms with Crippen molar-refractivity contribution < 1.29 is 4.79 Å². The summed E-state index contributed by atoms with van der Waals surface area (Å²) in [7, 11) is 0. The fourth-order valence-corrected chi connectivity index (χ4v) is 1.57. The number of halogens is 1. The zero-order valence-electron chi connectivity index (χ0n) is 8.42. The van der Waals surface area contributed by atoms with Gasteiger partial charge in [0.2, 0.25) is 0 Å². The highest BCUT2D eigenvalue weighted by atomic mass is 79.9. The molecule has 1 aromatic carbocycles. The maximum atomic E-state index is 11.6. The fourth-order valence-electron chi connectivity index (χ4n) is 1.02. The van der Waals surface area contributed by atoms with E-state index in [4.69, 9.17) is 0 Å². The first-order valence-corrected chi connectivity index (χ1v) is 6.41. The van der Waals surface area contributed by atoms with E-state index in [1.165, 1.54) is 0 Å². The third-order valence-electron chi connectivity index (χ3n) is 1.79. The summed E-state index contributed by atoms with van der Waals surface area (Å²) in [4.78, 5) is 12.7. The monoisotopic (exact) mass is 285 g/mol. The van der Waals surface area contributed by atoms with Crippen LogP contribution in [0, 0.1) is 0 Å². The van der Waals surface area contributed by atoms with Gasteiger partial charge in [-0.3, -0.25) is 4.79 Å². The molecule has 0 atom stereocenters. The van der Waals surface area contributed by atoms with E-state index in [-0.39, 0.29) is 5.91 Å². The number of carbonyl (C=O) groups is 1. The van der Waals surface area contributed by atoms with E-state index in [2.05, 4.69) is 27.8 Å². The Morgan fingerprint density at radius 2 is 2.07 bits per heavy atom. The normalized spacial score (nSPS) is 9.73. The lowest BCUT2D eigenvalue weighted by atomic mass is 10.2. The van der Waals surface area contributed by atoms with Crippen LogP contribution in [-0.4, -0.2) is 18.7 Å². The van der Waals surface area contributed by atoms with Crippen LogP contribution in [0.4, 0.5) is 0 Å². The van der Waals surface area contributed by atoms with Crippen molar-refractivity contribution in [1.82, 2.24) is 5.32 Å². The van der Waals surface area contributed by atoms with Crippen LogP contribution in [0.15, 0.2) is 40.2 Å². The molecule has 0 aliphatic carbocycles. The Kier molecular flexibility index (Phi) is 4.91. The van der Waals surface area contributed by atoms with Crippen molar-refractivity contribution in [3.63, 3.8) is 0 Å². The molecule has 4 heteroatoms. The molecule has 0 bridgehead atoms. The molecular weight excluding hydrogens is 274 g/mol. The number of nitrogens with one attached hydrogen (secondary N) is 1. The Labute approximate surface area is 102 Å². The van der Waals surface area contributed by atoms with Crippen molar-refractivity contribution in [2.75, 3.05) is 12.8 Å². The second kappa shape index (κ2) is 5.98. The van der Waals surface area contributed by atoms with Crippen molar-refractivity contribution >= 4 is 33.6 Å². The van der Waals surface area contributed by atoms with E-state index in [1.807, 2.05) is 30.5 Å². The van der Waals surface area contributed by atoms with Gasteiger partial charge >= 0.3 is 0 Å². The lowest BCUT2D eigenvalue weighted by Crippen LogP contribution is -2.24. The maximum absolute atomic E-state index is 11.6. The van der Waals surface area contributed by atoms with Crippen LogP contribution in [0.1, 0.15) is 10.4 Å². The standard InChI is InChI=1S/C11H12BrNOS/c1-8(12)7-13-11(14)9-3-5-10(15-2)6-4-9/h3-6H,1,7H2,2H3,(H,13,14). The summed E-state index contributed by atoms with van der Waals surface area (Å²) in [6.45, 7) is 4.09. The zero-order chi connectivity index (χ0) is 11.3. The molecule has 0 aliphatic heterocycles. The van der Waals surface area contributed by atoms with Gasteiger partial charge in [0.25, 0.3) is 5.91 Å². The summed E-state index contributed by atoms with van der Waals surface area (Å²) in [5, 5.41) is 2.74. The van der Waals surface area contributed by atoms with E-state index >= 15 is 0 Å². The molecule has 0 aromatic heterocycles. The second-order valence-electron chi connectivity index (χ2n) is 2.93. The van der Waals surface area contributed by atoms with Crippen LogP contribution >= 0.6 is 27.7 Å². The number of benzene rings is 1. The predicted octanol–water partition coefficient (Wildman–Crippen LogP) is 3.05. The third kappa shape index (κ3) is 4.10. The number of rotatable bonds is 4. The minimum absolute atomic E-state index is 0.0803. The van der Waals surface area contributed by atoms with Crippen LogP contribution in [0.3, 0.4) is 0 Å². The van der Waals surface area contributed by atoms with Crippen molar-refractivity contribution in [2.45, 2.75) is 4.90 Å². The molecule has 0 heterocycles. The summed E-state index contributed by atoms with van der Waals surface area (Å²) < 4.78 is 0.761. The molecule has 0 fully saturated rings. The van der Waals surface area contributed by atoms with Crippen molar-refractivity contribution in [3.05, 3.63) is 40.9 Å². The maximum Gasteiger partial charge on any atom is 0.251 e. The first kappa shape index (κ1) is 12.3. The first-order chi connectivity index (χ1) is 7.13. The minimum atomic E-state index is -0.0803. The fraction of sp³-hybridized carbons (Fsp3) is 0.182. The second-order valence-corrected chi connectivity index (χ2v) is 4.93. The van der Waals surface area contributed by atoms with Gasteiger partial charge < -0.3 is 5.32 Å². The van der Waals surface area contributed by atoms with E-state index < -0.39 is 0 Å². The summed E-state index contributed by atoms with van der Waals surface area (Å²) in [6.07, 6.45) is 2.00. The van der Waals surface area contributed by atoms with Gasteiger partial charge in [-0.2, -0.15) is 0 Å². The molecule has 0 saturated heterocycles. The van der Waals surface area contributed by atoms with Gasteiger partial charge in [0.1, 0.15) is 0 Å². The molecule has 1 amide bonds. The van der Waals surface area contributed by atoms with Crippen LogP contribution in [0.2, 0.25) is 0 Å². The van der Waals surface area contributed by atoms with Gasteiger partial charge in [-0.15, -0.1) is 11.8 Å². The molecule has 0 radical (unpaired) electrons. The van der Waals surface area contributed by atoms with Gasteiger partial charge in [0, 0.05) is 21.5 Å². The van der Waals surface area contributed by atoms with Crippen LogP contribution in [-0.2, 0) is 0 Å². The van der Waals surface area contributed by atoms with Gasteiger partial charge in [-0.05, 0) is 30.5 Å². The highest BCUT2D eigenvalue weighted by Gasteiger charge is 2.04. The van der Waals surface area contributed by atoms with Crippen molar-refractivity contribution in [3.8, 4) is 0 Å². The van der Waals surface area contributed by atoms with Crippen LogP contribution in [0.5, 0.6) is 0 Å². The van der Waals surface area contributed by atoms with Gasteiger partial charge in [0.05, 0.1) is 0 Å². The molecule has 0 saturated carbocycles. The number of hydrogen-bond donors (Lipinski definition) is 1. The highest BCUT2D eigenvalue weighted by molar-refractivity contribution is 9.11. The van der Waals surface area contributed by atoms with E-state index in [0.29, 0.717) is 12.1 Å². The lowest BCUT2D eigenvalue weighted by molar-refractivity contribution is 0.0957. The minimum Gasteiger partial charge on any atom is -0.347 e. The first-order valence-electron chi connectivity index (χ1n) is 4.39. The van der Waals surface area contributed by atoms with E-state index in [1.54, 1.807) is 11.8 Å². The molecule has 80 valence electrons. The number of thioether (sulfide) groups is 1. The molecule has 15 heavy (non-hydrogen) atoms. The molecule has 0 spiro atoms. The predicted molar refractivity (Wildman–Crippen MR) is 68.6 cm³/mol. The quantitative estimate of drug-likeness (QED) is 0.862. The van der Waals surface area contributed by atoms with E-state index in [9.17, 15) is 4.79 Å². The summed E-state index contributed by atoms with van der Waals surface area (Å²) in [6, 6.07) is 7.50. The van der Waals surface area contributed by atoms with E-state index in [0.717, 1.165) is 9.38 Å². The lowest BCUT2D eigenvalue weighted by Gasteiger charge is -2.04. The number of amides is 1. The average Bonchev–Trinajstić information content (AvgIpc) is 2.26. The van der Waals surface area contributed by atoms with Gasteiger partial charge in [-0.1, -0.05) is 22.5 Å². The molecule has 1 aromatic rings. The molecule has 1 N–H and O–H groups in total. The van der Waals surface area contributed by atoms with Gasteiger partial charge in [-0.25, -0.2) is 0 Å². The smallest absolute Gasteiger partial charge is 0.251 e. The largest absolute Gasteiger partial charge is 0.347 e. The third-order valence-corrected chi connectivity index (χ3v) is 2.82. The Bertz CT molecular complexity index is 361. The molecule has 0 aliphatic rings. The SMILES string of the molecule is C=C(Br)CNC(=O)c1ccc(SC)cc1. The Morgan fingerprint density at radius 3 is 2.53 bits per heavy atom. The summed E-state index contributed by atoms with van der Waals surface area (Å²) in [5.41, 5.74) is 0.668. The number of hydrogen-bond acceptors (Lipinski definition) is 2. The Balaban J connectivity index is 2.62. The molecule has 1 rings (SSSR count). The van der Waals surface area contributed by atoms with Gasteiger partial charge in [0.15, 0.2) is 0 Å². The average molecular weight is 286 g/mol. The van der Waals surface area contributed by atoms with Crippen LogP contribution < -0.4 is 5.32 Å². The topological polar surface area (TPSA) is 29.1 Å². The van der Waals surface area contributed by atoms with Crippen molar-refractivity contribution in [2.24, 2.45) is 0 Å². The Hall–Kier alpha value is -0.740. The summed E-state index contributed by atoms with van der Waals surface area (Å²) in [5.74, 6) is -0.0803. The zero-order valence-corrected chi connectivity index (χ0v) is 10.8. The van der Waals surface area contributed by atoms with Crippen LogP contribution in [0.25, 0.3) is 0 Å². The Morgan fingerprint density at radius 1 is 1.47 bits per heavy atom. The molecule has 2 nitrogen and oxygen atoms in total. The van der Waals surface area contributed by atoms with Crippen molar-refractivity contribution in [1.29, 1.82) is 0 Å². The summed E-state index contributed by atoms with van der Waals surface area (Å²) >= 11 is 4.84. The molecular formula is C11H12BrNOS. The number of carbonyl (C=O) groups excluding carboxylic acids is 1. The highest BCUT2D eigenvalue weighted by Crippen LogP contribution is 2.14. The molecule has 0 unspecified atom stereocenters.